The first kappa shape index (κ1) is 14.0. The average molecular weight is 295 g/mol. The second-order valence-electron chi connectivity index (χ2n) is 5.65. The second-order valence-corrected chi connectivity index (χ2v) is 6.56. The molecule has 1 N–H and O–H groups in total. The summed E-state index contributed by atoms with van der Waals surface area (Å²) in [6.07, 6.45) is 1.24. The first-order valence-electron chi connectivity index (χ1n) is 7.12. The summed E-state index contributed by atoms with van der Waals surface area (Å²) in [7, 11) is 1.93. The quantitative estimate of drug-likeness (QED) is 0.841. The van der Waals surface area contributed by atoms with Gasteiger partial charge in [0, 0.05) is 23.6 Å². The highest BCUT2D eigenvalue weighted by Gasteiger charge is 2.37. The lowest BCUT2D eigenvalue weighted by molar-refractivity contribution is -0.0494. The Balaban J connectivity index is 1.89. The standard InChI is InChI=1S/C16H19F2NS/c1-19-14(11-5-8-16(17,18)9-6-11)13-4-2-3-12-7-10-20-15(12)13/h2-4,7,10-11,14,19H,5-6,8-9H2,1H3. The van der Waals surface area contributed by atoms with Crippen LogP contribution in [-0.4, -0.2) is 13.0 Å². The Labute approximate surface area is 122 Å². The maximum atomic E-state index is 13.3. The van der Waals surface area contributed by atoms with Gasteiger partial charge in [-0.1, -0.05) is 18.2 Å². The van der Waals surface area contributed by atoms with Gasteiger partial charge in [-0.3, -0.25) is 0 Å². The van der Waals surface area contributed by atoms with Crippen molar-refractivity contribution in [3.63, 3.8) is 0 Å². The maximum absolute atomic E-state index is 13.3. The average Bonchev–Trinajstić information content (AvgIpc) is 2.90. The highest BCUT2D eigenvalue weighted by Crippen LogP contribution is 2.43. The molecule has 1 aromatic heterocycles. The Morgan fingerprint density at radius 3 is 2.70 bits per heavy atom. The van der Waals surface area contributed by atoms with E-state index in [-0.39, 0.29) is 18.9 Å². The van der Waals surface area contributed by atoms with Crippen LogP contribution in [0.5, 0.6) is 0 Å². The molecule has 3 rings (SSSR count). The Morgan fingerprint density at radius 2 is 2.00 bits per heavy atom. The fourth-order valence-corrected chi connectivity index (χ4v) is 4.26. The fourth-order valence-electron chi connectivity index (χ4n) is 3.30. The summed E-state index contributed by atoms with van der Waals surface area (Å²) in [5.41, 5.74) is 1.26. The second kappa shape index (κ2) is 5.41. The zero-order valence-corrected chi connectivity index (χ0v) is 12.4. The third-order valence-electron chi connectivity index (χ3n) is 4.39. The molecule has 1 aromatic carbocycles. The minimum atomic E-state index is -2.45. The predicted molar refractivity (Wildman–Crippen MR) is 80.5 cm³/mol. The van der Waals surface area contributed by atoms with Crippen molar-refractivity contribution in [1.29, 1.82) is 0 Å². The van der Waals surface area contributed by atoms with E-state index in [0.717, 1.165) is 0 Å². The van der Waals surface area contributed by atoms with Gasteiger partial charge in [-0.25, -0.2) is 8.78 Å². The van der Waals surface area contributed by atoms with E-state index in [1.165, 1.54) is 15.6 Å². The molecule has 1 nitrogen and oxygen atoms in total. The van der Waals surface area contributed by atoms with Gasteiger partial charge in [0.15, 0.2) is 0 Å². The van der Waals surface area contributed by atoms with Crippen molar-refractivity contribution >= 4 is 21.4 Å². The summed E-state index contributed by atoms with van der Waals surface area (Å²) < 4.78 is 27.9. The minimum Gasteiger partial charge on any atom is -0.313 e. The molecule has 0 radical (unpaired) electrons. The van der Waals surface area contributed by atoms with Crippen LogP contribution in [0.2, 0.25) is 0 Å². The number of rotatable bonds is 3. The maximum Gasteiger partial charge on any atom is 0.248 e. The van der Waals surface area contributed by atoms with Gasteiger partial charge in [-0.15, -0.1) is 11.3 Å². The fraction of sp³-hybridized carbons (Fsp3) is 0.500. The number of fused-ring (bicyclic) bond motifs is 1. The molecule has 1 fully saturated rings. The van der Waals surface area contributed by atoms with Crippen molar-refractivity contribution < 1.29 is 8.78 Å². The van der Waals surface area contributed by atoms with Crippen LogP contribution in [0.1, 0.15) is 37.3 Å². The molecule has 0 spiro atoms. The van der Waals surface area contributed by atoms with E-state index < -0.39 is 5.92 Å². The van der Waals surface area contributed by atoms with E-state index in [1.54, 1.807) is 11.3 Å². The summed E-state index contributed by atoms with van der Waals surface area (Å²) in [5, 5.41) is 6.70. The van der Waals surface area contributed by atoms with E-state index in [4.69, 9.17) is 0 Å². The largest absolute Gasteiger partial charge is 0.313 e. The lowest BCUT2D eigenvalue weighted by Crippen LogP contribution is -2.32. The first-order valence-corrected chi connectivity index (χ1v) is 8.00. The minimum absolute atomic E-state index is 0.0241. The third-order valence-corrected chi connectivity index (χ3v) is 5.37. The SMILES string of the molecule is CNC(c1cccc2ccsc12)C1CCC(F)(F)CC1. The molecule has 1 aliphatic rings. The molecule has 1 heterocycles. The monoisotopic (exact) mass is 295 g/mol. The van der Waals surface area contributed by atoms with Gasteiger partial charge in [0.25, 0.3) is 0 Å². The highest BCUT2D eigenvalue weighted by atomic mass is 32.1. The van der Waals surface area contributed by atoms with Gasteiger partial charge in [-0.05, 0) is 48.2 Å². The highest BCUT2D eigenvalue weighted by molar-refractivity contribution is 7.17. The van der Waals surface area contributed by atoms with Crippen LogP contribution in [-0.2, 0) is 0 Å². The van der Waals surface area contributed by atoms with Crippen molar-refractivity contribution in [3.8, 4) is 0 Å². The van der Waals surface area contributed by atoms with E-state index in [1.807, 2.05) is 7.05 Å². The molecule has 1 aliphatic carbocycles. The summed E-state index contributed by atoms with van der Waals surface area (Å²) >= 11 is 1.73. The van der Waals surface area contributed by atoms with Crippen LogP contribution < -0.4 is 5.32 Å². The summed E-state index contributed by atoms with van der Waals surface area (Å²) in [6.45, 7) is 0. The van der Waals surface area contributed by atoms with E-state index >= 15 is 0 Å². The van der Waals surface area contributed by atoms with Crippen LogP contribution in [0, 0.1) is 5.92 Å². The predicted octanol–water partition coefficient (Wildman–Crippen LogP) is 4.99. The smallest absolute Gasteiger partial charge is 0.248 e. The van der Waals surface area contributed by atoms with Crippen LogP contribution in [0.25, 0.3) is 10.1 Å². The van der Waals surface area contributed by atoms with Gasteiger partial charge >= 0.3 is 0 Å². The molecular formula is C16H19F2NS. The molecule has 20 heavy (non-hydrogen) atoms. The zero-order valence-electron chi connectivity index (χ0n) is 11.5. The molecular weight excluding hydrogens is 276 g/mol. The summed E-state index contributed by atoms with van der Waals surface area (Å²) in [5.74, 6) is -2.16. The molecule has 0 saturated heterocycles. The topological polar surface area (TPSA) is 12.0 Å². The van der Waals surface area contributed by atoms with Crippen LogP contribution >= 0.6 is 11.3 Å². The summed E-state index contributed by atoms with van der Waals surface area (Å²) in [6, 6.07) is 8.59. The van der Waals surface area contributed by atoms with Gasteiger partial charge in [0.1, 0.15) is 0 Å². The lowest BCUT2D eigenvalue weighted by atomic mass is 9.79. The Morgan fingerprint density at radius 1 is 1.25 bits per heavy atom. The third kappa shape index (κ3) is 2.59. The number of hydrogen-bond donors (Lipinski definition) is 1. The normalized spacial score (nSPS) is 21.1. The Bertz CT molecular complexity index is 583. The van der Waals surface area contributed by atoms with E-state index in [2.05, 4.69) is 35.0 Å². The Hall–Kier alpha value is -1.00. The van der Waals surface area contributed by atoms with Crippen molar-refractivity contribution in [2.24, 2.45) is 5.92 Å². The molecule has 1 saturated carbocycles. The number of halogens is 2. The van der Waals surface area contributed by atoms with E-state index in [9.17, 15) is 8.78 Å². The van der Waals surface area contributed by atoms with Crippen LogP contribution in [0.15, 0.2) is 29.6 Å². The first-order chi connectivity index (χ1) is 9.61. The number of benzene rings is 1. The number of nitrogens with one attached hydrogen (secondary N) is 1. The van der Waals surface area contributed by atoms with Gasteiger partial charge in [0.2, 0.25) is 5.92 Å². The number of alkyl halides is 2. The van der Waals surface area contributed by atoms with Gasteiger partial charge in [-0.2, -0.15) is 0 Å². The van der Waals surface area contributed by atoms with Crippen molar-refractivity contribution in [1.82, 2.24) is 5.32 Å². The molecule has 0 amide bonds. The molecule has 4 heteroatoms. The van der Waals surface area contributed by atoms with Crippen molar-refractivity contribution in [2.45, 2.75) is 37.6 Å². The summed E-state index contributed by atoms with van der Waals surface area (Å²) in [4.78, 5) is 0. The van der Waals surface area contributed by atoms with Gasteiger partial charge in [0.05, 0.1) is 0 Å². The van der Waals surface area contributed by atoms with E-state index in [0.29, 0.717) is 18.8 Å². The van der Waals surface area contributed by atoms with Crippen molar-refractivity contribution in [3.05, 3.63) is 35.2 Å². The van der Waals surface area contributed by atoms with Crippen LogP contribution in [0.4, 0.5) is 8.78 Å². The molecule has 2 aromatic rings. The number of thiophene rings is 1. The Kier molecular flexibility index (Phi) is 3.78. The molecule has 0 bridgehead atoms. The molecule has 0 aliphatic heterocycles. The molecule has 1 unspecified atom stereocenters. The molecule has 108 valence electrons. The van der Waals surface area contributed by atoms with Gasteiger partial charge < -0.3 is 5.32 Å². The number of hydrogen-bond acceptors (Lipinski definition) is 2. The van der Waals surface area contributed by atoms with Crippen molar-refractivity contribution in [2.75, 3.05) is 7.05 Å². The zero-order chi connectivity index (χ0) is 14.2. The van der Waals surface area contributed by atoms with Crippen LogP contribution in [0.3, 0.4) is 0 Å². The molecule has 1 atom stereocenters. The lowest BCUT2D eigenvalue weighted by Gasteiger charge is -2.34.